The highest BCUT2D eigenvalue weighted by molar-refractivity contribution is 5.85. The smallest absolute Gasteiger partial charge is 0.225 e. The molecule has 1 aromatic carbocycles. The fourth-order valence-corrected chi connectivity index (χ4v) is 5.36. The molecular formula is C25H41Cl2N3O2. The number of nitrogens with one attached hydrogen (secondary N) is 1. The molecule has 0 radical (unpaired) electrons. The molecule has 0 aliphatic carbocycles. The summed E-state index contributed by atoms with van der Waals surface area (Å²) in [4.78, 5) is 18.0. The molecule has 1 unspecified atom stereocenters. The summed E-state index contributed by atoms with van der Waals surface area (Å²) < 4.78 is 6.08. The van der Waals surface area contributed by atoms with Gasteiger partial charge in [0.15, 0.2) is 0 Å². The van der Waals surface area contributed by atoms with E-state index in [4.69, 9.17) is 4.74 Å². The van der Waals surface area contributed by atoms with E-state index in [9.17, 15) is 4.79 Å². The summed E-state index contributed by atoms with van der Waals surface area (Å²) in [5.74, 6) is 1.47. The number of aryl methyl sites for hydroxylation is 1. The van der Waals surface area contributed by atoms with Crippen molar-refractivity contribution in [2.24, 2.45) is 5.92 Å². The van der Waals surface area contributed by atoms with E-state index in [0.717, 1.165) is 51.1 Å². The van der Waals surface area contributed by atoms with E-state index in [1.54, 1.807) is 0 Å². The molecule has 0 aromatic heterocycles. The molecule has 4 rings (SSSR count). The van der Waals surface area contributed by atoms with Crippen molar-refractivity contribution in [3.8, 4) is 5.75 Å². The molecule has 1 amide bonds. The van der Waals surface area contributed by atoms with Crippen molar-refractivity contribution in [2.75, 3.05) is 45.9 Å². The van der Waals surface area contributed by atoms with E-state index in [2.05, 4.69) is 33.3 Å². The maximum Gasteiger partial charge on any atom is 0.225 e. The minimum absolute atomic E-state index is 0. The zero-order chi connectivity index (χ0) is 20.6. The third-order valence-corrected chi connectivity index (χ3v) is 7.17. The van der Waals surface area contributed by atoms with Crippen molar-refractivity contribution in [3.05, 3.63) is 29.8 Å². The van der Waals surface area contributed by atoms with Gasteiger partial charge in [0.05, 0.1) is 6.54 Å². The van der Waals surface area contributed by atoms with Crippen molar-refractivity contribution in [2.45, 2.75) is 63.8 Å². The zero-order valence-corrected chi connectivity index (χ0v) is 20.9. The number of halogens is 2. The summed E-state index contributed by atoms with van der Waals surface area (Å²) in [7, 11) is 0. The van der Waals surface area contributed by atoms with Gasteiger partial charge in [0, 0.05) is 18.5 Å². The van der Waals surface area contributed by atoms with Gasteiger partial charge in [-0.1, -0.05) is 18.6 Å². The number of ether oxygens (including phenoxy) is 1. The average molecular weight is 487 g/mol. The van der Waals surface area contributed by atoms with Crippen LogP contribution in [-0.2, 0) is 11.2 Å². The Morgan fingerprint density at radius 1 is 0.906 bits per heavy atom. The number of nitrogens with zero attached hydrogens (tertiary/aromatic N) is 2. The molecule has 1 atom stereocenters. The lowest BCUT2D eigenvalue weighted by Gasteiger charge is -2.36. The zero-order valence-electron chi connectivity index (χ0n) is 19.3. The minimum atomic E-state index is 0. The number of rotatable bonds is 1. The third kappa shape index (κ3) is 7.79. The van der Waals surface area contributed by atoms with E-state index in [-0.39, 0.29) is 30.7 Å². The van der Waals surface area contributed by atoms with Crippen LogP contribution >= 0.6 is 24.8 Å². The van der Waals surface area contributed by atoms with Crippen LogP contribution in [0.5, 0.6) is 5.75 Å². The molecule has 3 heterocycles. The van der Waals surface area contributed by atoms with Crippen LogP contribution in [0.25, 0.3) is 0 Å². The molecule has 3 aliphatic heterocycles. The Morgan fingerprint density at radius 2 is 1.66 bits per heavy atom. The predicted octanol–water partition coefficient (Wildman–Crippen LogP) is 4.32. The Kier molecular flexibility index (Phi) is 12.2. The molecule has 3 aliphatic rings. The van der Waals surface area contributed by atoms with Crippen LogP contribution in [0.15, 0.2) is 24.3 Å². The summed E-state index contributed by atoms with van der Waals surface area (Å²) >= 11 is 0. The van der Waals surface area contributed by atoms with Crippen molar-refractivity contribution in [3.63, 3.8) is 0 Å². The van der Waals surface area contributed by atoms with Crippen molar-refractivity contribution in [1.29, 1.82) is 0 Å². The summed E-state index contributed by atoms with van der Waals surface area (Å²) in [6.07, 6.45) is 10.6. The molecule has 2 fully saturated rings. The van der Waals surface area contributed by atoms with E-state index in [1.165, 1.54) is 50.8 Å². The SMILES string of the molecule is Cl.Cl.O=C(C1CCNCC1)N1CCCCN2CCCCC2CCc2cccc(c2)OCC1. The van der Waals surface area contributed by atoms with Crippen molar-refractivity contribution in [1.82, 2.24) is 15.1 Å². The van der Waals surface area contributed by atoms with Crippen LogP contribution in [0, 0.1) is 5.92 Å². The molecule has 1 N–H and O–H groups in total. The molecule has 1 aromatic rings. The first kappa shape index (κ1) is 27.2. The van der Waals surface area contributed by atoms with E-state index >= 15 is 0 Å². The van der Waals surface area contributed by atoms with Crippen LogP contribution < -0.4 is 10.1 Å². The third-order valence-electron chi connectivity index (χ3n) is 7.17. The topological polar surface area (TPSA) is 44.8 Å². The molecule has 0 saturated carbocycles. The van der Waals surface area contributed by atoms with Gasteiger partial charge in [0.2, 0.25) is 5.91 Å². The van der Waals surface area contributed by atoms with Crippen LogP contribution in [0.1, 0.15) is 56.9 Å². The predicted molar refractivity (Wildman–Crippen MR) is 135 cm³/mol. The number of fused-ring (bicyclic) bond motifs is 3. The number of piperidine rings is 2. The lowest BCUT2D eigenvalue weighted by Crippen LogP contribution is -2.43. The first-order chi connectivity index (χ1) is 14.8. The Bertz CT molecular complexity index is 685. The van der Waals surface area contributed by atoms with Gasteiger partial charge in [-0.3, -0.25) is 4.79 Å². The van der Waals surface area contributed by atoms with Gasteiger partial charge in [0.1, 0.15) is 12.4 Å². The molecule has 0 spiro atoms. The quantitative estimate of drug-likeness (QED) is 0.643. The molecule has 2 bridgehead atoms. The molecule has 182 valence electrons. The number of hydrogen-bond acceptors (Lipinski definition) is 4. The first-order valence-electron chi connectivity index (χ1n) is 12.2. The summed E-state index contributed by atoms with van der Waals surface area (Å²) in [6.45, 7) is 6.48. The first-order valence-corrected chi connectivity index (χ1v) is 12.2. The maximum absolute atomic E-state index is 13.2. The highest BCUT2D eigenvalue weighted by Crippen LogP contribution is 2.24. The number of amides is 1. The minimum Gasteiger partial charge on any atom is -0.492 e. The normalized spacial score (nSPS) is 23.9. The van der Waals surface area contributed by atoms with E-state index in [0.29, 0.717) is 25.1 Å². The van der Waals surface area contributed by atoms with Crippen LogP contribution in [-0.4, -0.2) is 67.6 Å². The van der Waals surface area contributed by atoms with Gasteiger partial charge in [-0.25, -0.2) is 0 Å². The van der Waals surface area contributed by atoms with Gasteiger partial charge < -0.3 is 19.9 Å². The number of hydrogen-bond donors (Lipinski definition) is 1. The van der Waals surface area contributed by atoms with Gasteiger partial charge >= 0.3 is 0 Å². The fraction of sp³-hybridized carbons (Fsp3) is 0.720. The number of carbonyl (C=O) groups is 1. The lowest BCUT2D eigenvalue weighted by molar-refractivity contribution is -0.136. The Morgan fingerprint density at radius 3 is 2.47 bits per heavy atom. The van der Waals surface area contributed by atoms with Gasteiger partial charge in [-0.2, -0.15) is 0 Å². The largest absolute Gasteiger partial charge is 0.492 e. The fourth-order valence-electron chi connectivity index (χ4n) is 5.36. The number of benzene rings is 1. The van der Waals surface area contributed by atoms with Crippen LogP contribution in [0.3, 0.4) is 0 Å². The number of carbonyl (C=O) groups excluding carboxylic acids is 1. The van der Waals surface area contributed by atoms with E-state index in [1.807, 2.05) is 6.07 Å². The lowest BCUT2D eigenvalue weighted by atomic mass is 9.95. The van der Waals surface area contributed by atoms with Crippen LogP contribution in [0.2, 0.25) is 0 Å². The van der Waals surface area contributed by atoms with Gasteiger partial charge in [-0.15, -0.1) is 24.8 Å². The molecule has 7 heteroatoms. The molecule has 32 heavy (non-hydrogen) atoms. The summed E-state index contributed by atoms with van der Waals surface area (Å²) in [5, 5.41) is 3.38. The second kappa shape index (κ2) is 14.3. The Labute approximate surface area is 206 Å². The average Bonchev–Trinajstić information content (AvgIpc) is 2.80. The summed E-state index contributed by atoms with van der Waals surface area (Å²) in [6, 6.07) is 9.30. The van der Waals surface area contributed by atoms with E-state index < -0.39 is 0 Å². The standard InChI is InChI=1S/C25H39N3O2.2ClH/c29-25(22-11-13-26-14-12-22)28-17-4-3-16-27-15-2-1-7-23(27)10-9-21-6-5-8-24(20-21)30-19-18-28;;/h5-6,8,20,22-23,26H,1-4,7,9-19H2;2*1H. The van der Waals surface area contributed by atoms with Gasteiger partial charge in [-0.05, 0) is 95.2 Å². The second-order valence-electron chi connectivity index (χ2n) is 9.28. The van der Waals surface area contributed by atoms with Crippen molar-refractivity contribution >= 4 is 30.7 Å². The second-order valence-corrected chi connectivity index (χ2v) is 9.28. The van der Waals surface area contributed by atoms with Gasteiger partial charge in [0.25, 0.3) is 0 Å². The highest BCUT2D eigenvalue weighted by atomic mass is 35.5. The van der Waals surface area contributed by atoms with Crippen LogP contribution in [0.4, 0.5) is 0 Å². The monoisotopic (exact) mass is 485 g/mol. The maximum atomic E-state index is 13.2. The molecule has 5 nitrogen and oxygen atoms in total. The summed E-state index contributed by atoms with van der Waals surface area (Å²) in [5.41, 5.74) is 1.37. The Balaban J connectivity index is 0.00000181. The molecule has 2 saturated heterocycles. The molecular weight excluding hydrogens is 445 g/mol. The van der Waals surface area contributed by atoms with Crippen molar-refractivity contribution < 1.29 is 9.53 Å². The highest BCUT2D eigenvalue weighted by Gasteiger charge is 2.26. The Hall–Kier alpha value is -1.01.